The molecule has 3 saturated heterocycles. The van der Waals surface area contributed by atoms with Gasteiger partial charge in [-0.05, 0) is 68.4 Å². The summed E-state index contributed by atoms with van der Waals surface area (Å²) in [5.41, 5.74) is -0.441. The number of halogens is 1. The molecule has 2 bridgehead atoms. The van der Waals surface area contributed by atoms with Crippen LogP contribution in [0.5, 0.6) is 0 Å². The van der Waals surface area contributed by atoms with E-state index in [-0.39, 0.29) is 30.2 Å². The first kappa shape index (κ1) is 27.6. The molecule has 3 aliphatic heterocycles. The Morgan fingerprint density at radius 1 is 1.08 bits per heavy atom. The molecule has 3 heterocycles. The van der Waals surface area contributed by atoms with E-state index < -0.39 is 29.1 Å². The van der Waals surface area contributed by atoms with Gasteiger partial charge in [0.15, 0.2) is 0 Å². The number of rotatable bonds is 10. The predicted octanol–water partition coefficient (Wildman–Crippen LogP) is 3.77. The van der Waals surface area contributed by atoms with Gasteiger partial charge in [0.25, 0.3) is 0 Å². The second-order valence-electron chi connectivity index (χ2n) is 11.2. The van der Waals surface area contributed by atoms with Crippen LogP contribution >= 0.6 is 11.6 Å². The van der Waals surface area contributed by atoms with Crippen LogP contribution in [0, 0.1) is 17.8 Å². The number of amides is 3. The molecule has 9 heteroatoms. The van der Waals surface area contributed by atoms with Gasteiger partial charge in [0.2, 0.25) is 17.7 Å². The van der Waals surface area contributed by atoms with Gasteiger partial charge in [0.05, 0.1) is 17.4 Å². The third-order valence-electron chi connectivity index (χ3n) is 8.82. The molecule has 0 aliphatic carbocycles. The van der Waals surface area contributed by atoms with Crippen LogP contribution < -0.4 is 10.6 Å². The molecule has 6 atom stereocenters. The zero-order valence-corrected chi connectivity index (χ0v) is 23.1. The second kappa shape index (κ2) is 10.9. The van der Waals surface area contributed by atoms with E-state index in [0.717, 1.165) is 12.0 Å². The van der Waals surface area contributed by atoms with Crippen molar-refractivity contribution < 1.29 is 24.2 Å². The Balaban J connectivity index is 1.46. The first-order valence-electron chi connectivity index (χ1n) is 13.7. The number of hydrogen-bond donors (Lipinski definition) is 3. The summed E-state index contributed by atoms with van der Waals surface area (Å²) in [6.07, 6.45) is 2.49. The molecule has 208 valence electrons. The Bertz CT molecular complexity index is 1220. The van der Waals surface area contributed by atoms with Crippen LogP contribution in [-0.4, -0.2) is 58.1 Å². The highest BCUT2D eigenvalue weighted by Gasteiger charge is 2.79. The van der Waals surface area contributed by atoms with Crippen LogP contribution in [0.15, 0.2) is 54.6 Å². The Morgan fingerprint density at radius 3 is 2.49 bits per heavy atom. The van der Waals surface area contributed by atoms with Crippen molar-refractivity contribution in [3.8, 4) is 0 Å². The summed E-state index contributed by atoms with van der Waals surface area (Å²) < 4.78 is 6.74. The number of nitrogens with one attached hydrogen (secondary N) is 2. The van der Waals surface area contributed by atoms with Gasteiger partial charge < -0.3 is 25.4 Å². The number of likely N-dealkylation sites (tertiary alicyclic amines) is 1. The van der Waals surface area contributed by atoms with Gasteiger partial charge in [0.1, 0.15) is 11.6 Å². The number of unbranched alkanes of at least 4 members (excludes halogenated alkanes) is 2. The largest absolute Gasteiger partial charge is 0.396 e. The van der Waals surface area contributed by atoms with E-state index in [1.54, 1.807) is 29.2 Å². The molecule has 8 nitrogen and oxygen atoms in total. The topological polar surface area (TPSA) is 108 Å². The molecule has 3 N–H and O–H groups in total. The highest BCUT2D eigenvalue weighted by molar-refractivity contribution is 6.30. The predicted molar refractivity (Wildman–Crippen MR) is 148 cm³/mol. The van der Waals surface area contributed by atoms with Crippen molar-refractivity contribution in [3.63, 3.8) is 0 Å². The maximum Gasteiger partial charge on any atom is 0.250 e. The average molecular weight is 554 g/mol. The standard InChI is InChI=1S/C30H36ClN3O5/c1-19-17-30-24(23(29(19,2)39-30)26(36)32-18-20-9-5-3-6-10-20)28(38)34(15-7-4-8-16-35)25(30)27(37)33-22-13-11-21(31)12-14-22/h3,5-6,9-14,19,23-25,35H,4,7-8,15-18H2,1-2H3,(H,32,36)(H,33,37)/t19?,23-,24+,25?,29+,30?/m1/s1. The number of nitrogens with zero attached hydrogens (tertiary/aromatic N) is 1. The summed E-state index contributed by atoms with van der Waals surface area (Å²) in [4.78, 5) is 43.4. The molecule has 3 fully saturated rings. The summed E-state index contributed by atoms with van der Waals surface area (Å²) >= 11 is 6.02. The molecule has 0 aromatic heterocycles. The van der Waals surface area contributed by atoms with Gasteiger partial charge in [-0.1, -0.05) is 48.9 Å². The van der Waals surface area contributed by atoms with Crippen LogP contribution in [0.3, 0.4) is 0 Å². The van der Waals surface area contributed by atoms with E-state index in [1.807, 2.05) is 44.2 Å². The van der Waals surface area contributed by atoms with Gasteiger partial charge in [-0.3, -0.25) is 14.4 Å². The number of aliphatic hydroxyl groups is 1. The van der Waals surface area contributed by atoms with Gasteiger partial charge in [-0.25, -0.2) is 0 Å². The van der Waals surface area contributed by atoms with Crippen molar-refractivity contribution in [3.05, 3.63) is 65.2 Å². The quantitative estimate of drug-likeness (QED) is 0.388. The minimum Gasteiger partial charge on any atom is -0.396 e. The minimum absolute atomic E-state index is 0.0332. The SMILES string of the molecule is CC1CC23O[C@]1(C)[C@@H](C(=O)NCc1ccccc1)[C@H]2C(=O)N(CCCCCO)C3C(=O)Nc1ccc(Cl)cc1. The molecule has 3 amide bonds. The molecule has 5 rings (SSSR count). The zero-order chi connectivity index (χ0) is 27.8. The van der Waals surface area contributed by atoms with Crippen LogP contribution in [0.1, 0.15) is 45.1 Å². The van der Waals surface area contributed by atoms with E-state index in [9.17, 15) is 19.5 Å². The zero-order valence-electron chi connectivity index (χ0n) is 22.4. The number of fused-ring (bicyclic) bond motifs is 1. The van der Waals surface area contributed by atoms with Crippen molar-refractivity contribution in [1.82, 2.24) is 10.2 Å². The summed E-state index contributed by atoms with van der Waals surface area (Å²) in [6, 6.07) is 15.6. The smallest absolute Gasteiger partial charge is 0.250 e. The van der Waals surface area contributed by atoms with Gasteiger partial charge in [0, 0.05) is 30.4 Å². The summed E-state index contributed by atoms with van der Waals surface area (Å²) in [5, 5.41) is 15.8. The molecular weight excluding hydrogens is 518 g/mol. The van der Waals surface area contributed by atoms with Crippen LogP contribution in [0.25, 0.3) is 0 Å². The normalized spacial score (nSPS) is 30.9. The number of benzene rings is 2. The number of aliphatic hydroxyl groups excluding tert-OH is 1. The van der Waals surface area contributed by atoms with Crippen molar-refractivity contribution in [2.45, 2.75) is 63.3 Å². The van der Waals surface area contributed by atoms with E-state index in [0.29, 0.717) is 43.1 Å². The molecule has 3 unspecified atom stereocenters. The second-order valence-corrected chi connectivity index (χ2v) is 11.7. The fourth-order valence-electron chi connectivity index (χ4n) is 6.89. The van der Waals surface area contributed by atoms with Crippen LogP contribution in [0.2, 0.25) is 5.02 Å². The maximum atomic E-state index is 14.1. The molecule has 39 heavy (non-hydrogen) atoms. The van der Waals surface area contributed by atoms with E-state index in [4.69, 9.17) is 16.3 Å². The average Bonchev–Trinajstić information content (AvgIpc) is 3.43. The Kier molecular flexibility index (Phi) is 7.73. The molecule has 0 radical (unpaired) electrons. The van der Waals surface area contributed by atoms with E-state index in [2.05, 4.69) is 10.6 Å². The van der Waals surface area contributed by atoms with Gasteiger partial charge in [-0.15, -0.1) is 0 Å². The lowest BCUT2D eigenvalue weighted by Gasteiger charge is -2.36. The summed E-state index contributed by atoms with van der Waals surface area (Å²) in [5.74, 6) is -2.29. The first-order chi connectivity index (χ1) is 18.7. The minimum atomic E-state index is -1.10. The number of hydrogen-bond acceptors (Lipinski definition) is 5. The lowest BCUT2D eigenvalue weighted by molar-refractivity contribution is -0.146. The molecule has 2 aromatic carbocycles. The molecule has 2 aromatic rings. The van der Waals surface area contributed by atoms with Crippen molar-refractivity contribution in [2.24, 2.45) is 17.8 Å². The van der Waals surface area contributed by atoms with Crippen LogP contribution in [0.4, 0.5) is 5.69 Å². The lowest BCUT2D eigenvalue weighted by Crippen LogP contribution is -2.54. The third-order valence-corrected chi connectivity index (χ3v) is 9.08. The van der Waals surface area contributed by atoms with Crippen molar-refractivity contribution in [2.75, 3.05) is 18.5 Å². The highest BCUT2D eigenvalue weighted by Crippen LogP contribution is 2.65. The van der Waals surface area contributed by atoms with Gasteiger partial charge in [-0.2, -0.15) is 0 Å². The van der Waals surface area contributed by atoms with Crippen molar-refractivity contribution >= 4 is 35.0 Å². The number of ether oxygens (including phenoxy) is 1. The Labute approximate surface area is 234 Å². The van der Waals surface area contributed by atoms with Crippen LogP contribution in [-0.2, 0) is 25.7 Å². The molecular formula is C30H36ClN3O5. The fraction of sp³-hybridized carbons (Fsp3) is 0.500. The molecule has 0 saturated carbocycles. The molecule has 1 spiro atoms. The Hall–Kier alpha value is -2.94. The summed E-state index contributed by atoms with van der Waals surface area (Å²) in [6.45, 7) is 4.71. The van der Waals surface area contributed by atoms with E-state index in [1.165, 1.54) is 0 Å². The van der Waals surface area contributed by atoms with Gasteiger partial charge >= 0.3 is 0 Å². The fourth-order valence-corrected chi connectivity index (χ4v) is 7.02. The lowest BCUT2D eigenvalue weighted by atomic mass is 9.62. The third kappa shape index (κ3) is 4.83. The highest BCUT2D eigenvalue weighted by atomic mass is 35.5. The number of carbonyl (C=O) groups excluding carboxylic acids is 3. The number of anilines is 1. The Morgan fingerprint density at radius 2 is 1.79 bits per heavy atom. The first-order valence-corrected chi connectivity index (χ1v) is 14.1. The maximum absolute atomic E-state index is 14.1. The van der Waals surface area contributed by atoms with E-state index >= 15 is 0 Å². The molecule has 3 aliphatic rings. The monoisotopic (exact) mass is 553 g/mol. The number of carbonyl (C=O) groups is 3. The summed E-state index contributed by atoms with van der Waals surface area (Å²) in [7, 11) is 0. The van der Waals surface area contributed by atoms with Crippen molar-refractivity contribution in [1.29, 1.82) is 0 Å².